The van der Waals surface area contributed by atoms with Gasteiger partial charge in [0.1, 0.15) is 11.9 Å². The van der Waals surface area contributed by atoms with E-state index in [2.05, 4.69) is 4.72 Å². The molecule has 0 heterocycles. The van der Waals surface area contributed by atoms with Crippen molar-refractivity contribution in [2.24, 2.45) is 5.73 Å². The number of ether oxygens (including phenoxy) is 1. The average molecular weight is 296 g/mol. The minimum absolute atomic E-state index is 0.121. The number of rotatable bonds is 5. The zero-order valence-electron chi connectivity index (χ0n) is 11.3. The SMILES string of the molecule is NC1CCC(Oc2ccc(S(=O)(=O)NC3CC3)cc2)C1. The maximum atomic E-state index is 12.0. The third kappa shape index (κ3) is 3.31. The van der Waals surface area contributed by atoms with Crippen molar-refractivity contribution in [2.45, 2.75) is 55.2 Å². The molecule has 1 aromatic rings. The molecule has 20 heavy (non-hydrogen) atoms. The third-order valence-electron chi connectivity index (χ3n) is 3.76. The summed E-state index contributed by atoms with van der Waals surface area (Å²) in [6.07, 6.45) is 4.83. The highest BCUT2D eigenvalue weighted by atomic mass is 32.2. The highest BCUT2D eigenvalue weighted by molar-refractivity contribution is 7.89. The van der Waals surface area contributed by atoms with Crippen molar-refractivity contribution in [3.8, 4) is 5.75 Å². The molecule has 2 atom stereocenters. The van der Waals surface area contributed by atoms with Gasteiger partial charge in [-0.25, -0.2) is 13.1 Å². The predicted octanol–water partition coefficient (Wildman–Crippen LogP) is 1.39. The average Bonchev–Trinajstić information content (AvgIpc) is 3.11. The Morgan fingerprint density at radius 2 is 1.80 bits per heavy atom. The monoisotopic (exact) mass is 296 g/mol. The Labute approximate surface area is 119 Å². The Morgan fingerprint density at radius 3 is 2.35 bits per heavy atom. The molecule has 2 aliphatic rings. The normalized spacial score (nSPS) is 26.6. The van der Waals surface area contributed by atoms with Crippen LogP contribution in [0.1, 0.15) is 32.1 Å². The number of nitrogens with two attached hydrogens (primary N) is 1. The van der Waals surface area contributed by atoms with Crippen molar-refractivity contribution >= 4 is 10.0 Å². The van der Waals surface area contributed by atoms with Crippen LogP contribution in [-0.2, 0) is 10.0 Å². The number of nitrogens with one attached hydrogen (secondary N) is 1. The largest absolute Gasteiger partial charge is 0.490 e. The molecular formula is C14H20N2O3S. The first-order chi connectivity index (χ1) is 9.53. The zero-order valence-corrected chi connectivity index (χ0v) is 12.1. The van der Waals surface area contributed by atoms with E-state index < -0.39 is 10.0 Å². The van der Waals surface area contributed by atoms with Gasteiger partial charge in [0.25, 0.3) is 0 Å². The maximum absolute atomic E-state index is 12.0. The summed E-state index contributed by atoms with van der Waals surface area (Å²) in [4.78, 5) is 0.292. The molecule has 0 amide bonds. The molecule has 2 fully saturated rings. The van der Waals surface area contributed by atoms with Crippen molar-refractivity contribution < 1.29 is 13.2 Å². The lowest BCUT2D eigenvalue weighted by atomic mass is 10.3. The molecule has 0 saturated heterocycles. The van der Waals surface area contributed by atoms with E-state index in [1.807, 2.05) is 0 Å². The summed E-state index contributed by atoms with van der Waals surface area (Å²) in [5.41, 5.74) is 5.84. The van der Waals surface area contributed by atoms with Gasteiger partial charge in [-0.2, -0.15) is 0 Å². The lowest BCUT2D eigenvalue weighted by Crippen LogP contribution is -2.25. The summed E-state index contributed by atoms with van der Waals surface area (Å²) < 4.78 is 32.5. The first-order valence-corrected chi connectivity index (χ1v) is 8.56. The van der Waals surface area contributed by atoms with Gasteiger partial charge in [0.05, 0.1) is 4.90 Å². The Morgan fingerprint density at radius 1 is 1.10 bits per heavy atom. The molecule has 3 N–H and O–H groups in total. The van der Waals surface area contributed by atoms with Crippen LogP contribution < -0.4 is 15.2 Å². The van der Waals surface area contributed by atoms with Gasteiger partial charge in [-0.1, -0.05) is 0 Å². The molecule has 5 nitrogen and oxygen atoms in total. The van der Waals surface area contributed by atoms with Crippen molar-refractivity contribution in [1.29, 1.82) is 0 Å². The van der Waals surface area contributed by atoms with Crippen LogP contribution in [0.5, 0.6) is 5.75 Å². The molecule has 0 bridgehead atoms. The Bertz CT molecular complexity index is 567. The van der Waals surface area contributed by atoms with Gasteiger partial charge in [0.2, 0.25) is 10.0 Å². The van der Waals surface area contributed by atoms with Crippen molar-refractivity contribution in [3.63, 3.8) is 0 Å². The maximum Gasteiger partial charge on any atom is 0.240 e. The van der Waals surface area contributed by atoms with E-state index in [0.29, 0.717) is 10.6 Å². The molecule has 0 radical (unpaired) electrons. The fraction of sp³-hybridized carbons (Fsp3) is 0.571. The summed E-state index contributed by atoms with van der Waals surface area (Å²) in [6, 6.07) is 6.96. The molecule has 2 unspecified atom stereocenters. The summed E-state index contributed by atoms with van der Waals surface area (Å²) in [5.74, 6) is 0.703. The number of hydrogen-bond donors (Lipinski definition) is 2. The molecule has 3 rings (SSSR count). The van der Waals surface area contributed by atoms with Gasteiger partial charge < -0.3 is 10.5 Å². The van der Waals surface area contributed by atoms with Crippen LogP contribution in [0.15, 0.2) is 29.2 Å². The fourth-order valence-corrected chi connectivity index (χ4v) is 3.76. The Balaban J connectivity index is 1.64. The first-order valence-electron chi connectivity index (χ1n) is 7.07. The standard InChI is InChI=1S/C14H20N2O3S/c15-10-1-4-13(9-10)19-12-5-7-14(8-6-12)20(17,18)16-11-2-3-11/h5-8,10-11,13,16H,1-4,9,15H2. The van der Waals surface area contributed by atoms with Crippen LogP contribution in [0.4, 0.5) is 0 Å². The summed E-state index contributed by atoms with van der Waals surface area (Å²) >= 11 is 0. The van der Waals surface area contributed by atoms with Crippen LogP contribution in [0.25, 0.3) is 0 Å². The highest BCUT2D eigenvalue weighted by Crippen LogP contribution is 2.26. The number of benzene rings is 1. The van der Waals surface area contributed by atoms with Crippen LogP contribution in [0.2, 0.25) is 0 Å². The molecular weight excluding hydrogens is 276 g/mol. The van der Waals surface area contributed by atoms with E-state index in [9.17, 15) is 8.42 Å². The topological polar surface area (TPSA) is 81.4 Å². The minimum atomic E-state index is -3.38. The predicted molar refractivity (Wildman–Crippen MR) is 76.0 cm³/mol. The molecule has 2 saturated carbocycles. The van der Waals surface area contributed by atoms with E-state index in [0.717, 1.165) is 32.1 Å². The van der Waals surface area contributed by atoms with Gasteiger partial charge in [0, 0.05) is 12.1 Å². The van der Waals surface area contributed by atoms with Crippen molar-refractivity contribution in [3.05, 3.63) is 24.3 Å². The zero-order chi connectivity index (χ0) is 14.2. The summed E-state index contributed by atoms with van der Waals surface area (Å²) in [6.45, 7) is 0. The second-order valence-corrected chi connectivity index (χ2v) is 7.39. The van der Waals surface area contributed by atoms with E-state index in [4.69, 9.17) is 10.5 Å². The van der Waals surface area contributed by atoms with Crippen LogP contribution in [0, 0.1) is 0 Å². The smallest absolute Gasteiger partial charge is 0.240 e. The third-order valence-corrected chi connectivity index (χ3v) is 5.30. The Hall–Kier alpha value is -1.11. The molecule has 1 aromatic carbocycles. The molecule has 0 aromatic heterocycles. The van der Waals surface area contributed by atoms with E-state index in [1.54, 1.807) is 24.3 Å². The molecule has 0 aliphatic heterocycles. The molecule has 0 spiro atoms. The second kappa shape index (κ2) is 5.35. The first kappa shape index (κ1) is 13.9. The van der Waals surface area contributed by atoms with Crippen molar-refractivity contribution in [1.82, 2.24) is 4.72 Å². The van der Waals surface area contributed by atoms with Gasteiger partial charge in [0.15, 0.2) is 0 Å². The molecule has 2 aliphatic carbocycles. The number of sulfonamides is 1. The Kier molecular flexibility index (Phi) is 3.70. The molecule has 6 heteroatoms. The van der Waals surface area contributed by atoms with Gasteiger partial charge in [-0.05, 0) is 56.4 Å². The van der Waals surface area contributed by atoms with Crippen LogP contribution >= 0.6 is 0 Å². The van der Waals surface area contributed by atoms with Gasteiger partial charge in [-0.15, -0.1) is 0 Å². The van der Waals surface area contributed by atoms with Crippen LogP contribution in [-0.4, -0.2) is 26.6 Å². The van der Waals surface area contributed by atoms with E-state index in [-0.39, 0.29) is 18.2 Å². The fourth-order valence-electron chi connectivity index (χ4n) is 2.46. The van der Waals surface area contributed by atoms with Gasteiger partial charge >= 0.3 is 0 Å². The lowest BCUT2D eigenvalue weighted by molar-refractivity contribution is 0.208. The summed E-state index contributed by atoms with van der Waals surface area (Å²) in [7, 11) is -3.38. The van der Waals surface area contributed by atoms with Crippen LogP contribution in [0.3, 0.4) is 0 Å². The van der Waals surface area contributed by atoms with E-state index in [1.165, 1.54) is 0 Å². The lowest BCUT2D eigenvalue weighted by Gasteiger charge is -2.14. The second-order valence-electron chi connectivity index (χ2n) is 5.68. The summed E-state index contributed by atoms with van der Waals surface area (Å²) in [5, 5.41) is 0. The van der Waals surface area contributed by atoms with Gasteiger partial charge in [-0.3, -0.25) is 0 Å². The highest BCUT2D eigenvalue weighted by Gasteiger charge is 2.28. The quantitative estimate of drug-likeness (QED) is 0.860. The minimum Gasteiger partial charge on any atom is -0.490 e. The van der Waals surface area contributed by atoms with E-state index >= 15 is 0 Å². The van der Waals surface area contributed by atoms with Crippen molar-refractivity contribution in [2.75, 3.05) is 0 Å². The number of hydrogen-bond acceptors (Lipinski definition) is 4. The molecule has 110 valence electrons.